The lowest BCUT2D eigenvalue weighted by molar-refractivity contribution is -0.135. The Morgan fingerprint density at radius 1 is 1.54 bits per heavy atom. The summed E-state index contributed by atoms with van der Waals surface area (Å²) in [5.74, 6) is 0.209. The van der Waals surface area contributed by atoms with Crippen molar-refractivity contribution < 1.29 is 9.90 Å². The maximum absolute atomic E-state index is 11.6. The number of aliphatic hydroxyl groups is 1. The van der Waals surface area contributed by atoms with Gasteiger partial charge in [-0.15, -0.1) is 0 Å². The van der Waals surface area contributed by atoms with E-state index in [-0.39, 0.29) is 18.6 Å². The maximum Gasteiger partial charge on any atom is 0.222 e. The van der Waals surface area contributed by atoms with E-state index in [1.807, 2.05) is 11.8 Å². The smallest absolute Gasteiger partial charge is 0.222 e. The minimum absolute atomic E-state index is 0.0906. The lowest BCUT2D eigenvalue weighted by Gasteiger charge is -2.34. The Labute approximate surface area is 79.7 Å². The molecule has 1 aliphatic heterocycles. The molecule has 1 rings (SSSR count). The van der Waals surface area contributed by atoms with Crippen molar-refractivity contribution in [1.29, 1.82) is 0 Å². The lowest BCUT2D eigenvalue weighted by Crippen LogP contribution is -2.45. The molecule has 1 aliphatic rings. The van der Waals surface area contributed by atoms with Gasteiger partial charge in [-0.2, -0.15) is 0 Å². The third-order valence-corrected chi connectivity index (χ3v) is 2.62. The summed E-state index contributed by atoms with van der Waals surface area (Å²) in [6, 6.07) is 0.0906. The Balaban J connectivity index is 2.48. The quantitative estimate of drug-likeness (QED) is 0.716. The van der Waals surface area contributed by atoms with Crippen molar-refractivity contribution in [2.24, 2.45) is 0 Å². The van der Waals surface area contributed by atoms with Crippen LogP contribution in [0.25, 0.3) is 0 Å². The number of hydrogen-bond acceptors (Lipinski definition) is 2. The summed E-state index contributed by atoms with van der Waals surface area (Å²) in [7, 11) is 0. The first kappa shape index (κ1) is 10.5. The van der Waals surface area contributed by atoms with Crippen LogP contribution in [0, 0.1) is 0 Å². The standard InChI is InChI=1S/C10H19NO2/c1-2-5-10(13)11-7-4-3-6-9(11)8-12/h9,12H,2-8H2,1H3. The molecule has 0 spiro atoms. The largest absolute Gasteiger partial charge is 0.394 e. The van der Waals surface area contributed by atoms with Crippen LogP contribution < -0.4 is 0 Å². The van der Waals surface area contributed by atoms with E-state index >= 15 is 0 Å². The molecule has 3 heteroatoms. The van der Waals surface area contributed by atoms with E-state index in [0.29, 0.717) is 6.42 Å². The SMILES string of the molecule is CCCC(=O)N1CCCCC1CO. The third kappa shape index (κ3) is 2.69. The fraction of sp³-hybridized carbons (Fsp3) is 0.900. The molecule has 1 unspecified atom stereocenters. The number of likely N-dealkylation sites (tertiary alicyclic amines) is 1. The van der Waals surface area contributed by atoms with Crippen LogP contribution in [0.5, 0.6) is 0 Å². The fourth-order valence-electron chi connectivity index (χ4n) is 1.88. The van der Waals surface area contributed by atoms with Gasteiger partial charge in [0.2, 0.25) is 5.91 Å². The second-order valence-corrected chi connectivity index (χ2v) is 3.67. The number of hydrogen-bond donors (Lipinski definition) is 1. The van der Waals surface area contributed by atoms with Gasteiger partial charge in [0.05, 0.1) is 12.6 Å². The van der Waals surface area contributed by atoms with Crippen LogP contribution in [0.1, 0.15) is 39.0 Å². The molecule has 0 aromatic heterocycles. The minimum Gasteiger partial charge on any atom is -0.394 e. The molecule has 1 saturated heterocycles. The molecule has 0 aliphatic carbocycles. The van der Waals surface area contributed by atoms with Gasteiger partial charge >= 0.3 is 0 Å². The average molecular weight is 185 g/mol. The number of aliphatic hydroxyl groups excluding tert-OH is 1. The van der Waals surface area contributed by atoms with Crippen LogP contribution >= 0.6 is 0 Å². The molecule has 1 amide bonds. The van der Waals surface area contributed by atoms with Crippen molar-refractivity contribution in [3.05, 3.63) is 0 Å². The van der Waals surface area contributed by atoms with Crippen molar-refractivity contribution in [2.75, 3.05) is 13.2 Å². The minimum atomic E-state index is 0.0906. The predicted octanol–water partition coefficient (Wildman–Crippen LogP) is 1.16. The van der Waals surface area contributed by atoms with Crippen molar-refractivity contribution in [1.82, 2.24) is 4.90 Å². The average Bonchev–Trinajstić information content (AvgIpc) is 2.18. The topological polar surface area (TPSA) is 40.5 Å². The monoisotopic (exact) mass is 185 g/mol. The molecule has 0 aromatic rings. The van der Waals surface area contributed by atoms with E-state index < -0.39 is 0 Å². The molecule has 13 heavy (non-hydrogen) atoms. The highest BCUT2D eigenvalue weighted by Crippen LogP contribution is 2.17. The first-order chi connectivity index (χ1) is 6.29. The first-order valence-corrected chi connectivity index (χ1v) is 5.20. The molecular formula is C10H19NO2. The molecule has 0 aromatic carbocycles. The molecule has 1 fully saturated rings. The van der Waals surface area contributed by atoms with Crippen LogP contribution in [0.3, 0.4) is 0 Å². The van der Waals surface area contributed by atoms with Gasteiger partial charge in [0.15, 0.2) is 0 Å². The zero-order valence-corrected chi connectivity index (χ0v) is 8.33. The highest BCUT2D eigenvalue weighted by atomic mass is 16.3. The van der Waals surface area contributed by atoms with Crippen molar-refractivity contribution in [2.45, 2.75) is 45.1 Å². The van der Waals surface area contributed by atoms with E-state index in [4.69, 9.17) is 5.11 Å². The Morgan fingerprint density at radius 3 is 2.92 bits per heavy atom. The molecule has 0 saturated carbocycles. The van der Waals surface area contributed by atoms with E-state index in [9.17, 15) is 4.79 Å². The van der Waals surface area contributed by atoms with Gasteiger partial charge in [0.1, 0.15) is 0 Å². The Kier molecular flexibility index (Phi) is 4.22. The van der Waals surface area contributed by atoms with Gasteiger partial charge in [-0.1, -0.05) is 6.92 Å². The van der Waals surface area contributed by atoms with Gasteiger partial charge < -0.3 is 10.0 Å². The predicted molar refractivity (Wildman–Crippen MR) is 51.3 cm³/mol. The highest BCUT2D eigenvalue weighted by Gasteiger charge is 2.24. The fourth-order valence-corrected chi connectivity index (χ4v) is 1.88. The molecular weight excluding hydrogens is 166 g/mol. The third-order valence-electron chi connectivity index (χ3n) is 2.62. The van der Waals surface area contributed by atoms with E-state index in [1.54, 1.807) is 0 Å². The van der Waals surface area contributed by atoms with Crippen LogP contribution in [0.4, 0.5) is 0 Å². The second kappa shape index (κ2) is 5.22. The summed E-state index contributed by atoms with van der Waals surface area (Å²) in [5.41, 5.74) is 0. The zero-order chi connectivity index (χ0) is 9.68. The van der Waals surface area contributed by atoms with Gasteiger partial charge in [0, 0.05) is 13.0 Å². The van der Waals surface area contributed by atoms with Crippen molar-refractivity contribution in [3.8, 4) is 0 Å². The van der Waals surface area contributed by atoms with E-state index in [2.05, 4.69) is 0 Å². The molecule has 0 radical (unpaired) electrons. The summed E-state index contributed by atoms with van der Waals surface area (Å²) in [6.45, 7) is 2.97. The summed E-state index contributed by atoms with van der Waals surface area (Å²) in [4.78, 5) is 13.4. The Morgan fingerprint density at radius 2 is 2.31 bits per heavy atom. The molecule has 0 bridgehead atoms. The molecule has 1 atom stereocenters. The van der Waals surface area contributed by atoms with Crippen LogP contribution in [0.2, 0.25) is 0 Å². The summed E-state index contributed by atoms with van der Waals surface area (Å²) < 4.78 is 0. The molecule has 1 N–H and O–H groups in total. The van der Waals surface area contributed by atoms with Gasteiger partial charge in [0.25, 0.3) is 0 Å². The number of rotatable bonds is 3. The second-order valence-electron chi connectivity index (χ2n) is 3.67. The van der Waals surface area contributed by atoms with Gasteiger partial charge in [-0.25, -0.2) is 0 Å². The normalized spacial score (nSPS) is 23.2. The molecule has 1 heterocycles. The Bertz CT molecular complexity index is 170. The zero-order valence-electron chi connectivity index (χ0n) is 8.33. The number of carbonyl (C=O) groups is 1. The van der Waals surface area contributed by atoms with Crippen molar-refractivity contribution >= 4 is 5.91 Å². The Hall–Kier alpha value is -0.570. The van der Waals surface area contributed by atoms with Crippen LogP contribution in [0.15, 0.2) is 0 Å². The van der Waals surface area contributed by atoms with Gasteiger partial charge in [-0.3, -0.25) is 4.79 Å². The number of carbonyl (C=O) groups excluding carboxylic acids is 1. The number of amides is 1. The molecule has 3 nitrogen and oxygen atoms in total. The maximum atomic E-state index is 11.6. The summed E-state index contributed by atoms with van der Waals surface area (Å²) in [5, 5.41) is 9.08. The summed E-state index contributed by atoms with van der Waals surface area (Å²) >= 11 is 0. The first-order valence-electron chi connectivity index (χ1n) is 5.20. The molecule has 76 valence electrons. The van der Waals surface area contributed by atoms with Gasteiger partial charge in [-0.05, 0) is 25.7 Å². The van der Waals surface area contributed by atoms with Crippen LogP contribution in [-0.4, -0.2) is 35.1 Å². The van der Waals surface area contributed by atoms with Crippen LogP contribution in [-0.2, 0) is 4.79 Å². The summed E-state index contributed by atoms with van der Waals surface area (Å²) in [6.07, 6.45) is 4.71. The van der Waals surface area contributed by atoms with E-state index in [1.165, 1.54) is 0 Å². The number of piperidine rings is 1. The highest BCUT2D eigenvalue weighted by molar-refractivity contribution is 5.76. The lowest BCUT2D eigenvalue weighted by atomic mass is 10.0. The van der Waals surface area contributed by atoms with E-state index in [0.717, 1.165) is 32.2 Å². The van der Waals surface area contributed by atoms with Crippen molar-refractivity contribution in [3.63, 3.8) is 0 Å². The number of nitrogens with zero attached hydrogens (tertiary/aromatic N) is 1.